The van der Waals surface area contributed by atoms with Crippen molar-refractivity contribution in [1.29, 1.82) is 5.26 Å². The van der Waals surface area contributed by atoms with Crippen molar-refractivity contribution in [3.8, 4) is 28.6 Å². The minimum Gasteiger partial charge on any atom is -0.293 e. The molecule has 0 fully saturated rings. The Bertz CT molecular complexity index is 2540. The number of nitriles is 1. The van der Waals surface area contributed by atoms with Crippen molar-refractivity contribution in [3.05, 3.63) is 139 Å². The van der Waals surface area contributed by atoms with Crippen molar-refractivity contribution in [1.82, 2.24) is 23.5 Å². The molecule has 0 atom stereocenters. The van der Waals surface area contributed by atoms with Crippen molar-refractivity contribution in [3.63, 3.8) is 0 Å². The van der Waals surface area contributed by atoms with Crippen molar-refractivity contribution in [2.45, 2.75) is 0 Å². The molecule has 0 spiro atoms. The van der Waals surface area contributed by atoms with E-state index in [0.717, 1.165) is 72.3 Å². The van der Waals surface area contributed by atoms with E-state index in [0.29, 0.717) is 5.56 Å². The van der Waals surface area contributed by atoms with E-state index in [1.54, 1.807) is 0 Å². The third-order valence-corrected chi connectivity index (χ3v) is 8.32. The summed E-state index contributed by atoms with van der Waals surface area (Å²) in [5, 5.41) is 12.1. The van der Waals surface area contributed by atoms with Crippen LogP contribution in [-0.2, 0) is 0 Å². The van der Waals surface area contributed by atoms with Crippen LogP contribution < -0.4 is 0 Å². The van der Waals surface area contributed by atoms with Gasteiger partial charge >= 0.3 is 0 Å². The van der Waals surface area contributed by atoms with Gasteiger partial charge in [0.1, 0.15) is 5.65 Å². The first-order chi connectivity index (χ1) is 21.3. The normalized spacial score (nSPS) is 11.7. The highest BCUT2D eigenvalue weighted by Crippen LogP contribution is 2.37. The Hall–Kier alpha value is -6.19. The van der Waals surface area contributed by atoms with E-state index in [1.807, 2.05) is 36.5 Å². The third-order valence-electron chi connectivity index (χ3n) is 8.32. The molecule has 0 radical (unpaired) electrons. The van der Waals surface area contributed by atoms with Crippen LogP contribution in [-0.4, -0.2) is 23.5 Å². The average molecular weight is 551 g/mol. The lowest BCUT2D eigenvalue weighted by atomic mass is 10.00. The number of pyridine rings is 1. The lowest BCUT2D eigenvalue weighted by molar-refractivity contribution is 1.11. The number of hydrogen-bond donors (Lipinski definition) is 0. The number of para-hydroxylation sites is 5. The van der Waals surface area contributed by atoms with Crippen molar-refractivity contribution >= 4 is 49.8 Å². The van der Waals surface area contributed by atoms with Crippen LogP contribution in [0.2, 0.25) is 0 Å². The van der Waals surface area contributed by atoms with E-state index in [2.05, 4.69) is 117 Å². The molecule has 43 heavy (non-hydrogen) atoms. The Morgan fingerprint density at radius 3 is 2.26 bits per heavy atom. The summed E-state index contributed by atoms with van der Waals surface area (Å²) in [6.45, 7) is 0. The lowest BCUT2D eigenvalue weighted by Crippen LogP contribution is -2.00. The first-order valence-corrected chi connectivity index (χ1v) is 14.2. The minimum atomic E-state index is 0.603. The third kappa shape index (κ3) is 3.33. The van der Waals surface area contributed by atoms with Gasteiger partial charge in [-0.2, -0.15) is 5.26 Å². The van der Waals surface area contributed by atoms with Gasteiger partial charge in [0.2, 0.25) is 5.78 Å². The second-order valence-corrected chi connectivity index (χ2v) is 10.7. The molecule has 0 aliphatic heterocycles. The maximum absolute atomic E-state index is 9.90. The van der Waals surface area contributed by atoms with Gasteiger partial charge in [0.05, 0.1) is 44.9 Å². The van der Waals surface area contributed by atoms with Gasteiger partial charge in [0.15, 0.2) is 0 Å². The molecule has 9 aromatic rings. The van der Waals surface area contributed by atoms with Crippen LogP contribution in [0.5, 0.6) is 0 Å². The summed E-state index contributed by atoms with van der Waals surface area (Å²) in [6, 6.07) is 45.8. The summed E-state index contributed by atoms with van der Waals surface area (Å²) in [6.07, 6.45) is 1.83. The molecule has 6 heteroatoms. The SMILES string of the molecule is N#Cc1ccc(-n2c3ccccc3c3cccnc32)c(-c2cccc(-n3c4ccccc4n4c5ccccc5nc34)c2)c1. The molecule has 0 aliphatic carbocycles. The summed E-state index contributed by atoms with van der Waals surface area (Å²) in [5.41, 5.74) is 10.7. The first-order valence-electron chi connectivity index (χ1n) is 14.2. The molecule has 0 aliphatic rings. The summed E-state index contributed by atoms with van der Waals surface area (Å²) >= 11 is 0. The highest BCUT2D eigenvalue weighted by molar-refractivity contribution is 6.08. The molecule has 4 aromatic heterocycles. The number of rotatable bonds is 3. The Morgan fingerprint density at radius 2 is 1.37 bits per heavy atom. The number of hydrogen-bond acceptors (Lipinski definition) is 3. The lowest BCUT2D eigenvalue weighted by Gasteiger charge is -2.15. The zero-order chi connectivity index (χ0) is 28.5. The van der Waals surface area contributed by atoms with E-state index >= 15 is 0 Å². The fourth-order valence-electron chi connectivity index (χ4n) is 6.49. The number of benzene rings is 5. The Morgan fingerprint density at radius 1 is 0.605 bits per heavy atom. The molecule has 0 amide bonds. The topological polar surface area (TPSA) is 63.8 Å². The first kappa shape index (κ1) is 23.5. The van der Waals surface area contributed by atoms with E-state index in [1.165, 1.54) is 0 Å². The van der Waals surface area contributed by atoms with Gasteiger partial charge < -0.3 is 0 Å². The average Bonchev–Trinajstić information content (AvgIpc) is 3.71. The number of aromatic nitrogens is 5. The molecule has 0 unspecified atom stereocenters. The van der Waals surface area contributed by atoms with Crippen molar-refractivity contribution in [2.24, 2.45) is 0 Å². The molecule has 0 saturated heterocycles. The van der Waals surface area contributed by atoms with Gasteiger partial charge in [-0.3, -0.25) is 13.5 Å². The second-order valence-electron chi connectivity index (χ2n) is 10.7. The monoisotopic (exact) mass is 550 g/mol. The van der Waals surface area contributed by atoms with Gasteiger partial charge in [-0.1, -0.05) is 54.6 Å². The molecule has 9 rings (SSSR count). The highest BCUT2D eigenvalue weighted by Gasteiger charge is 2.19. The maximum Gasteiger partial charge on any atom is 0.220 e. The molecule has 0 saturated carbocycles. The maximum atomic E-state index is 9.90. The van der Waals surface area contributed by atoms with E-state index < -0.39 is 0 Å². The van der Waals surface area contributed by atoms with Gasteiger partial charge in [-0.05, 0) is 78.4 Å². The van der Waals surface area contributed by atoms with Gasteiger partial charge in [-0.25, -0.2) is 9.97 Å². The van der Waals surface area contributed by atoms with Crippen LogP contribution in [0.15, 0.2) is 134 Å². The summed E-state index contributed by atoms with van der Waals surface area (Å²) < 4.78 is 6.65. The molecule has 5 aromatic carbocycles. The van der Waals surface area contributed by atoms with E-state index in [9.17, 15) is 5.26 Å². The van der Waals surface area contributed by atoms with Gasteiger partial charge in [0, 0.05) is 28.2 Å². The van der Waals surface area contributed by atoms with E-state index in [-0.39, 0.29) is 0 Å². The van der Waals surface area contributed by atoms with Crippen LogP contribution in [0, 0.1) is 11.3 Å². The summed E-state index contributed by atoms with van der Waals surface area (Å²) in [4.78, 5) is 9.86. The number of imidazole rings is 2. The van der Waals surface area contributed by atoms with Gasteiger partial charge in [-0.15, -0.1) is 0 Å². The van der Waals surface area contributed by atoms with Crippen LogP contribution >= 0.6 is 0 Å². The molecule has 0 bridgehead atoms. The Balaban J connectivity index is 1.33. The predicted molar refractivity (Wildman–Crippen MR) is 172 cm³/mol. The molecule has 4 heterocycles. The smallest absolute Gasteiger partial charge is 0.220 e. The Kier molecular flexibility index (Phi) is 4.87. The number of fused-ring (bicyclic) bond motifs is 8. The summed E-state index contributed by atoms with van der Waals surface area (Å²) in [7, 11) is 0. The molecular weight excluding hydrogens is 528 g/mol. The predicted octanol–water partition coefficient (Wildman–Crippen LogP) is 8.46. The quantitative estimate of drug-likeness (QED) is 0.222. The minimum absolute atomic E-state index is 0.603. The second kappa shape index (κ2) is 8.90. The number of nitrogens with zero attached hydrogens (tertiary/aromatic N) is 6. The van der Waals surface area contributed by atoms with Crippen LogP contribution in [0.25, 0.3) is 72.3 Å². The van der Waals surface area contributed by atoms with Crippen LogP contribution in [0.3, 0.4) is 0 Å². The van der Waals surface area contributed by atoms with E-state index in [4.69, 9.17) is 9.97 Å². The fourth-order valence-corrected chi connectivity index (χ4v) is 6.49. The largest absolute Gasteiger partial charge is 0.293 e. The Labute approximate surface area is 245 Å². The highest BCUT2D eigenvalue weighted by atomic mass is 15.2. The van der Waals surface area contributed by atoms with Crippen LogP contribution in [0.1, 0.15) is 5.56 Å². The molecule has 6 nitrogen and oxygen atoms in total. The van der Waals surface area contributed by atoms with Crippen molar-refractivity contribution < 1.29 is 0 Å². The van der Waals surface area contributed by atoms with Crippen LogP contribution in [0.4, 0.5) is 0 Å². The molecular formula is C37H22N6. The van der Waals surface area contributed by atoms with Crippen molar-refractivity contribution in [2.75, 3.05) is 0 Å². The molecule has 200 valence electrons. The summed E-state index contributed by atoms with van der Waals surface area (Å²) in [5.74, 6) is 0.858. The standard InChI is InChI=1S/C37H22N6/c38-23-24-18-19-32(42-31-14-3-1-11-27(31)28-12-8-20-39-36(28)42)29(21-24)25-9-7-10-26(22-25)41-34-16-5-6-17-35(34)43-33-15-4-2-13-30(33)40-37(41)43/h1-22H. The fraction of sp³-hybridized carbons (Fsp3) is 0. The van der Waals surface area contributed by atoms with Gasteiger partial charge in [0.25, 0.3) is 0 Å². The zero-order valence-corrected chi connectivity index (χ0v) is 22.9. The molecule has 0 N–H and O–H groups in total. The zero-order valence-electron chi connectivity index (χ0n) is 22.9.